The number of thiol groups is 1. The Morgan fingerprint density at radius 1 is 0.971 bits per heavy atom. The minimum Gasteiger partial charge on any atom is -0.288 e. The molecular weight excluding hydrogens is 482 g/mol. The molecular formula is C25H19ClF2N2O3S. The van der Waals surface area contributed by atoms with E-state index >= 15 is 4.39 Å². The zero-order chi connectivity index (χ0) is 24.2. The Morgan fingerprint density at radius 2 is 1.74 bits per heavy atom. The number of aromatic nitrogens is 1. The maximum Gasteiger partial charge on any atom is 0.201 e. The lowest BCUT2D eigenvalue weighted by atomic mass is 9.97. The van der Waals surface area contributed by atoms with Crippen LogP contribution in [-0.2, 0) is 17.3 Å². The van der Waals surface area contributed by atoms with Crippen LogP contribution in [0.3, 0.4) is 0 Å². The molecule has 1 N–H and O–H groups in total. The van der Waals surface area contributed by atoms with Crippen molar-refractivity contribution in [3.05, 3.63) is 100 Å². The van der Waals surface area contributed by atoms with Crippen molar-refractivity contribution in [2.45, 2.75) is 12.8 Å². The predicted octanol–water partition coefficient (Wildman–Crippen LogP) is 5.11. The number of rotatable bonds is 8. The molecule has 0 aliphatic carbocycles. The first kappa shape index (κ1) is 23.9. The summed E-state index contributed by atoms with van der Waals surface area (Å²) in [5.41, 5.74) is 2.20. The highest BCUT2D eigenvalue weighted by Crippen LogP contribution is 2.26. The van der Waals surface area contributed by atoms with Crippen molar-refractivity contribution in [3.8, 4) is 11.1 Å². The van der Waals surface area contributed by atoms with Crippen molar-refractivity contribution < 1.29 is 22.0 Å². The van der Waals surface area contributed by atoms with Crippen LogP contribution in [0.4, 0.5) is 8.78 Å². The minimum atomic E-state index is -2.76. The third-order valence-electron chi connectivity index (χ3n) is 5.34. The molecule has 0 fully saturated rings. The molecule has 34 heavy (non-hydrogen) atoms. The number of carbonyl (C=O) groups is 1. The first-order valence-corrected chi connectivity index (χ1v) is 11.9. The van der Waals surface area contributed by atoms with Gasteiger partial charge in [0, 0.05) is 34.3 Å². The number of halogens is 3. The Balaban J connectivity index is 1.64. The third kappa shape index (κ3) is 5.47. The van der Waals surface area contributed by atoms with E-state index in [2.05, 4.69) is 9.71 Å². The molecule has 0 aliphatic heterocycles. The molecule has 1 heterocycles. The van der Waals surface area contributed by atoms with Gasteiger partial charge in [-0.15, -0.1) is 0 Å². The summed E-state index contributed by atoms with van der Waals surface area (Å²) in [4.78, 5) is 17.5. The number of nitrogens with zero attached hydrogens (tertiary/aromatic N) is 1. The number of benzene rings is 3. The Hall–Kier alpha value is -3.20. The summed E-state index contributed by atoms with van der Waals surface area (Å²) in [6.45, 7) is 0.0889. The molecule has 0 radical (unpaired) electrons. The molecule has 0 saturated heterocycles. The Bertz CT molecular complexity index is 1450. The van der Waals surface area contributed by atoms with E-state index in [4.69, 9.17) is 11.6 Å². The van der Waals surface area contributed by atoms with Gasteiger partial charge in [-0.3, -0.25) is 9.78 Å². The van der Waals surface area contributed by atoms with Gasteiger partial charge in [0.2, 0.25) is 10.9 Å². The maximum absolute atomic E-state index is 15.1. The molecule has 0 atom stereocenters. The average molecular weight is 501 g/mol. The molecule has 1 aromatic heterocycles. The summed E-state index contributed by atoms with van der Waals surface area (Å²) < 4.78 is 52.6. The summed E-state index contributed by atoms with van der Waals surface area (Å²) in [6, 6.07) is 15.8. The van der Waals surface area contributed by atoms with Gasteiger partial charge >= 0.3 is 0 Å². The van der Waals surface area contributed by atoms with Crippen molar-refractivity contribution in [1.82, 2.24) is 9.71 Å². The molecule has 0 unspecified atom stereocenters. The zero-order valence-corrected chi connectivity index (χ0v) is 19.4. The van der Waals surface area contributed by atoms with Gasteiger partial charge in [-0.1, -0.05) is 23.7 Å². The molecule has 0 aliphatic rings. The smallest absolute Gasteiger partial charge is 0.201 e. The number of aryl methyl sites for hydroxylation is 1. The number of nitrogens with one attached hydrogen (secondary N) is 1. The summed E-state index contributed by atoms with van der Waals surface area (Å²) in [5, 5.41) is 1.28. The Morgan fingerprint density at radius 3 is 2.47 bits per heavy atom. The SMILES string of the molecule is O=C(c1ccc2ncc(-c3ccc(Cl)cc3)cc2c1)c1cc(F)cc(CCCN[SH](=O)=O)c1F. The monoisotopic (exact) mass is 500 g/mol. The average Bonchev–Trinajstić information content (AvgIpc) is 2.82. The fraction of sp³-hybridized carbons (Fsp3) is 0.120. The standard InChI is InChI=1S/C25H19ClF2N2O3S/c26-20-6-3-15(4-7-20)19-11-18-10-17(5-8-23(18)29-14-19)25(31)22-13-21(27)12-16(24(22)28)2-1-9-30-34(32)33/h3-8,10-14,34H,1-2,9H2,(H,30,32,33). The van der Waals surface area contributed by atoms with Crippen molar-refractivity contribution in [3.63, 3.8) is 0 Å². The van der Waals surface area contributed by atoms with Crippen LogP contribution >= 0.6 is 11.6 Å². The molecule has 174 valence electrons. The molecule has 4 aromatic rings. The quantitative estimate of drug-likeness (QED) is 0.200. The fourth-order valence-electron chi connectivity index (χ4n) is 3.67. The van der Waals surface area contributed by atoms with Gasteiger partial charge in [0.05, 0.1) is 11.1 Å². The molecule has 0 spiro atoms. The number of hydrogen-bond acceptors (Lipinski definition) is 4. The van der Waals surface area contributed by atoms with Crippen molar-refractivity contribution in [2.24, 2.45) is 0 Å². The van der Waals surface area contributed by atoms with Gasteiger partial charge in [0.15, 0.2) is 5.78 Å². The molecule has 0 saturated carbocycles. The highest BCUT2D eigenvalue weighted by Gasteiger charge is 2.19. The van der Waals surface area contributed by atoms with E-state index in [1.807, 2.05) is 18.2 Å². The molecule has 9 heteroatoms. The molecule has 3 aromatic carbocycles. The van der Waals surface area contributed by atoms with Crippen LogP contribution < -0.4 is 4.72 Å². The lowest BCUT2D eigenvalue weighted by Gasteiger charge is -2.10. The molecule has 5 nitrogen and oxygen atoms in total. The van der Waals surface area contributed by atoms with Crippen LogP contribution in [-0.4, -0.2) is 25.7 Å². The van der Waals surface area contributed by atoms with Gasteiger partial charge in [0.25, 0.3) is 0 Å². The number of fused-ring (bicyclic) bond motifs is 1. The lowest BCUT2D eigenvalue weighted by Crippen LogP contribution is -2.14. The highest BCUT2D eigenvalue weighted by atomic mass is 35.5. The van der Waals surface area contributed by atoms with Gasteiger partial charge in [0.1, 0.15) is 11.6 Å². The van der Waals surface area contributed by atoms with Crippen LogP contribution in [0.1, 0.15) is 27.9 Å². The summed E-state index contributed by atoms with van der Waals surface area (Å²) in [5.74, 6) is -2.21. The van der Waals surface area contributed by atoms with Crippen LogP contribution in [0, 0.1) is 11.6 Å². The second-order valence-corrected chi connectivity index (χ2v) is 8.93. The molecule has 0 bridgehead atoms. The first-order chi connectivity index (χ1) is 16.3. The maximum atomic E-state index is 15.1. The molecule has 0 amide bonds. The fourth-order valence-corrected chi connectivity index (χ4v) is 4.14. The van der Waals surface area contributed by atoms with E-state index in [0.29, 0.717) is 15.9 Å². The molecule has 4 rings (SSSR count). The predicted molar refractivity (Wildman–Crippen MR) is 129 cm³/mol. The van der Waals surface area contributed by atoms with Gasteiger partial charge in [-0.2, -0.15) is 0 Å². The second kappa shape index (κ2) is 10.4. The van der Waals surface area contributed by atoms with E-state index < -0.39 is 28.3 Å². The van der Waals surface area contributed by atoms with Crippen LogP contribution in [0.15, 0.2) is 66.9 Å². The second-order valence-electron chi connectivity index (χ2n) is 7.66. The van der Waals surface area contributed by atoms with Gasteiger partial charge < -0.3 is 0 Å². The Labute approximate surface area is 201 Å². The van der Waals surface area contributed by atoms with Crippen molar-refractivity contribution in [2.75, 3.05) is 6.54 Å². The van der Waals surface area contributed by atoms with Crippen LogP contribution in [0.2, 0.25) is 5.02 Å². The number of ketones is 1. The summed E-state index contributed by atoms with van der Waals surface area (Å²) >= 11 is 5.95. The normalized spacial score (nSPS) is 11.3. The lowest BCUT2D eigenvalue weighted by molar-refractivity contribution is 0.103. The largest absolute Gasteiger partial charge is 0.288 e. The van der Waals surface area contributed by atoms with E-state index in [1.165, 1.54) is 6.07 Å². The van der Waals surface area contributed by atoms with Gasteiger partial charge in [-0.25, -0.2) is 21.9 Å². The number of pyridine rings is 1. The highest BCUT2D eigenvalue weighted by molar-refractivity contribution is 7.70. The zero-order valence-electron chi connectivity index (χ0n) is 17.7. The van der Waals surface area contributed by atoms with Gasteiger partial charge in [-0.05, 0) is 72.5 Å². The van der Waals surface area contributed by atoms with Crippen molar-refractivity contribution >= 4 is 39.2 Å². The van der Waals surface area contributed by atoms with E-state index in [0.717, 1.165) is 23.3 Å². The van der Waals surface area contributed by atoms with Crippen molar-refractivity contribution in [1.29, 1.82) is 0 Å². The Kier molecular flexibility index (Phi) is 7.31. The number of carbonyl (C=O) groups excluding carboxylic acids is 1. The van der Waals surface area contributed by atoms with E-state index in [1.54, 1.807) is 30.5 Å². The third-order valence-corrected chi connectivity index (χ3v) is 6.08. The van der Waals surface area contributed by atoms with E-state index in [-0.39, 0.29) is 36.1 Å². The van der Waals surface area contributed by atoms with Crippen LogP contribution in [0.25, 0.3) is 22.0 Å². The van der Waals surface area contributed by atoms with E-state index in [9.17, 15) is 17.6 Å². The first-order valence-electron chi connectivity index (χ1n) is 10.4. The topological polar surface area (TPSA) is 76.1 Å². The summed E-state index contributed by atoms with van der Waals surface area (Å²) in [7, 11) is -2.76. The number of hydrogen-bond donors (Lipinski definition) is 2. The van der Waals surface area contributed by atoms with Crippen LogP contribution in [0.5, 0.6) is 0 Å². The minimum absolute atomic E-state index is 0.0127. The summed E-state index contributed by atoms with van der Waals surface area (Å²) in [6.07, 6.45) is 2.04.